The van der Waals surface area contributed by atoms with Crippen LogP contribution in [0.4, 0.5) is 0 Å². The van der Waals surface area contributed by atoms with Crippen LogP contribution in [-0.4, -0.2) is 33.4 Å². The molecule has 0 saturated heterocycles. The molecule has 0 radical (unpaired) electrons. The van der Waals surface area contributed by atoms with E-state index in [0.29, 0.717) is 11.4 Å². The average molecular weight is 284 g/mol. The highest BCUT2D eigenvalue weighted by Crippen LogP contribution is 2.20. The summed E-state index contributed by atoms with van der Waals surface area (Å²) in [5.41, 5.74) is 0.979. The van der Waals surface area contributed by atoms with Crippen molar-refractivity contribution in [2.75, 3.05) is 20.6 Å². The highest BCUT2D eigenvalue weighted by Gasteiger charge is 2.20. The first kappa shape index (κ1) is 16.1. The SMILES string of the molecule is CCCCN(C)S(=O)(=O)c1cccc(C(C)NC)c1. The maximum Gasteiger partial charge on any atom is 0.242 e. The monoisotopic (exact) mass is 284 g/mol. The molecule has 1 N–H and O–H groups in total. The summed E-state index contributed by atoms with van der Waals surface area (Å²) in [4.78, 5) is 0.366. The number of sulfonamides is 1. The van der Waals surface area contributed by atoms with E-state index < -0.39 is 10.0 Å². The van der Waals surface area contributed by atoms with Crippen LogP contribution in [-0.2, 0) is 10.0 Å². The van der Waals surface area contributed by atoms with Crippen LogP contribution in [0.3, 0.4) is 0 Å². The Hall–Kier alpha value is -0.910. The normalized spacial score (nSPS) is 13.7. The van der Waals surface area contributed by atoms with Crippen molar-refractivity contribution >= 4 is 10.0 Å². The Morgan fingerprint density at radius 3 is 2.63 bits per heavy atom. The quantitative estimate of drug-likeness (QED) is 0.836. The van der Waals surface area contributed by atoms with Gasteiger partial charge in [0.15, 0.2) is 0 Å². The van der Waals surface area contributed by atoms with Crippen LogP contribution in [0, 0.1) is 0 Å². The van der Waals surface area contributed by atoms with Crippen molar-refractivity contribution in [2.45, 2.75) is 37.6 Å². The predicted molar refractivity (Wildman–Crippen MR) is 78.6 cm³/mol. The zero-order valence-corrected chi connectivity index (χ0v) is 13.0. The second-order valence-corrected chi connectivity index (χ2v) is 6.81. The number of benzene rings is 1. The summed E-state index contributed by atoms with van der Waals surface area (Å²) >= 11 is 0. The van der Waals surface area contributed by atoms with Crippen LogP contribution in [0.2, 0.25) is 0 Å². The third-order valence-corrected chi connectivity index (χ3v) is 5.18. The van der Waals surface area contributed by atoms with E-state index in [1.165, 1.54) is 4.31 Å². The summed E-state index contributed by atoms with van der Waals surface area (Å²) < 4.78 is 26.2. The fourth-order valence-electron chi connectivity index (χ4n) is 1.79. The zero-order valence-electron chi connectivity index (χ0n) is 12.2. The molecule has 108 valence electrons. The molecule has 1 atom stereocenters. The summed E-state index contributed by atoms with van der Waals surface area (Å²) in [5, 5.41) is 3.11. The maximum absolute atomic E-state index is 12.4. The number of nitrogens with one attached hydrogen (secondary N) is 1. The number of unbranched alkanes of at least 4 members (excludes halogenated alkanes) is 1. The van der Waals surface area contributed by atoms with Gasteiger partial charge in [-0.25, -0.2) is 12.7 Å². The van der Waals surface area contributed by atoms with Gasteiger partial charge in [0.2, 0.25) is 10.0 Å². The van der Waals surface area contributed by atoms with E-state index in [1.807, 2.05) is 20.0 Å². The van der Waals surface area contributed by atoms with Gasteiger partial charge in [0.1, 0.15) is 0 Å². The van der Waals surface area contributed by atoms with Crippen molar-refractivity contribution in [3.05, 3.63) is 29.8 Å². The molecular formula is C14H24N2O2S. The Kier molecular flexibility index (Phi) is 5.97. The molecule has 1 rings (SSSR count). The lowest BCUT2D eigenvalue weighted by Crippen LogP contribution is -2.28. The minimum absolute atomic E-state index is 0.135. The van der Waals surface area contributed by atoms with Crippen LogP contribution < -0.4 is 5.32 Å². The van der Waals surface area contributed by atoms with Crippen LogP contribution in [0.5, 0.6) is 0 Å². The number of hydrogen-bond donors (Lipinski definition) is 1. The highest BCUT2D eigenvalue weighted by molar-refractivity contribution is 7.89. The standard InChI is InChI=1S/C14H24N2O2S/c1-5-6-10-16(4)19(17,18)14-9-7-8-13(11-14)12(2)15-3/h7-9,11-12,15H,5-6,10H2,1-4H3. The molecule has 1 aromatic rings. The molecule has 0 aromatic heterocycles. The van der Waals surface area contributed by atoms with E-state index in [4.69, 9.17) is 0 Å². The van der Waals surface area contributed by atoms with Gasteiger partial charge in [-0.05, 0) is 38.1 Å². The molecule has 0 fully saturated rings. The van der Waals surface area contributed by atoms with Crippen molar-refractivity contribution in [3.8, 4) is 0 Å². The van der Waals surface area contributed by atoms with Gasteiger partial charge in [0, 0.05) is 19.6 Å². The maximum atomic E-state index is 12.4. The van der Waals surface area contributed by atoms with Gasteiger partial charge in [-0.2, -0.15) is 0 Å². The second-order valence-electron chi connectivity index (χ2n) is 4.76. The van der Waals surface area contributed by atoms with Crippen molar-refractivity contribution in [3.63, 3.8) is 0 Å². The van der Waals surface area contributed by atoms with Crippen molar-refractivity contribution in [1.29, 1.82) is 0 Å². The summed E-state index contributed by atoms with van der Waals surface area (Å²) in [6.45, 7) is 4.62. The average Bonchev–Trinajstić information content (AvgIpc) is 2.43. The molecule has 5 heteroatoms. The summed E-state index contributed by atoms with van der Waals surface area (Å²) in [7, 11) is 0.128. The Labute approximate surface area is 116 Å². The smallest absolute Gasteiger partial charge is 0.242 e. The van der Waals surface area contributed by atoms with E-state index in [2.05, 4.69) is 12.2 Å². The lowest BCUT2D eigenvalue weighted by Gasteiger charge is -2.18. The van der Waals surface area contributed by atoms with E-state index in [1.54, 1.807) is 25.2 Å². The summed E-state index contributed by atoms with van der Waals surface area (Å²) in [6, 6.07) is 7.27. The largest absolute Gasteiger partial charge is 0.313 e. The van der Waals surface area contributed by atoms with Gasteiger partial charge in [-0.1, -0.05) is 25.5 Å². The van der Waals surface area contributed by atoms with E-state index in [-0.39, 0.29) is 6.04 Å². The summed E-state index contributed by atoms with van der Waals surface area (Å²) in [5.74, 6) is 0. The first-order valence-corrected chi connectivity index (χ1v) is 8.11. The van der Waals surface area contributed by atoms with Crippen molar-refractivity contribution in [1.82, 2.24) is 9.62 Å². The Balaban J connectivity index is 3.01. The molecule has 19 heavy (non-hydrogen) atoms. The van der Waals surface area contributed by atoms with E-state index >= 15 is 0 Å². The molecule has 0 aliphatic rings. The molecule has 0 heterocycles. The first-order chi connectivity index (χ1) is 8.93. The molecule has 0 aliphatic heterocycles. The van der Waals surface area contributed by atoms with Gasteiger partial charge in [0.25, 0.3) is 0 Å². The minimum Gasteiger partial charge on any atom is -0.313 e. The molecular weight excluding hydrogens is 260 g/mol. The van der Waals surface area contributed by atoms with Gasteiger partial charge in [-0.3, -0.25) is 0 Å². The van der Waals surface area contributed by atoms with Gasteiger partial charge in [-0.15, -0.1) is 0 Å². The molecule has 0 aliphatic carbocycles. The van der Waals surface area contributed by atoms with Crippen LogP contribution in [0.15, 0.2) is 29.2 Å². The highest BCUT2D eigenvalue weighted by atomic mass is 32.2. The lowest BCUT2D eigenvalue weighted by molar-refractivity contribution is 0.459. The minimum atomic E-state index is -3.37. The molecule has 0 spiro atoms. The first-order valence-electron chi connectivity index (χ1n) is 6.67. The fourth-order valence-corrected chi connectivity index (χ4v) is 3.06. The lowest BCUT2D eigenvalue weighted by atomic mass is 10.1. The van der Waals surface area contributed by atoms with Crippen LogP contribution in [0.25, 0.3) is 0 Å². The number of rotatable bonds is 7. The topological polar surface area (TPSA) is 49.4 Å². The van der Waals surface area contributed by atoms with E-state index in [0.717, 1.165) is 18.4 Å². The fraction of sp³-hybridized carbons (Fsp3) is 0.571. The van der Waals surface area contributed by atoms with Gasteiger partial charge in [0.05, 0.1) is 4.90 Å². The second kappa shape index (κ2) is 7.03. The molecule has 0 saturated carbocycles. The van der Waals surface area contributed by atoms with Gasteiger partial charge >= 0.3 is 0 Å². The Morgan fingerprint density at radius 2 is 2.05 bits per heavy atom. The zero-order chi connectivity index (χ0) is 14.5. The van der Waals surface area contributed by atoms with Crippen molar-refractivity contribution < 1.29 is 8.42 Å². The van der Waals surface area contributed by atoms with Crippen LogP contribution in [0.1, 0.15) is 38.3 Å². The third-order valence-electron chi connectivity index (χ3n) is 3.33. The van der Waals surface area contributed by atoms with Crippen LogP contribution >= 0.6 is 0 Å². The molecule has 0 bridgehead atoms. The Morgan fingerprint density at radius 1 is 1.37 bits per heavy atom. The Bertz CT molecular complexity index is 500. The third kappa shape index (κ3) is 4.03. The molecule has 1 unspecified atom stereocenters. The van der Waals surface area contributed by atoms with Gasteiger partial charge < -0.3 is 5.32 Å². The van der Waals surface area contributed by atoms with Crippen molar-refractivity contribution in [2.24, 2.45) is 0 Å². The molecule has 1 aromatic carbocycles. The van der Waals surface area contributed by atoms with E-state index in [9.17, 15) is 8.42 Å². The predicted octanol–water partition coefficient (Wildman–Crippen LogP) is 2.39. The molecule has 0 amide bonds. The molecule has 4 nitrogen and oxygen atoms in total. The number of nitrogens with zero attached hydrogens (tertiary/aromatic N) is 1. The summed E-state index contributed by atoms with van der Waals surface area (Å²) in [6.07, 6.45) is 1.86. The number of hydrogen-bond acceptors (Lipinski definition) is 3.